The number of halogens is 3. The second-order valence-electron chi connectivity index (χ2n) is 6.91. The van der Waals surface area contributed by atoms with Crippen molar-refractivity contribution in [3.63, 3.8) is 0 Å². The largest absolute Gasteiger partial charge is 0.320 e. The minimum atomic E-state index is 0.646. The monoisotopic (exact) mass is 404 g/mol. The number of hydrogen-bond acceptors (Lipinski definition) is 1. The molecule has 0 N–H and O–H groups in total. The Kier molecular flexibility index (Phi) is 4.79. The summed E-state index contributed by atoms with van der Waals surface area (Å²) in [4.78, 5) is 2.35. The van der Waals surface area contributed by atoms with Gasteiger partial charge < -0.3 is 9.47 Å². The molecule has 2 aromatic carbocycles. The number of benzene rings is 2. The Morgan fingerprint density at radius 3 is 2.46 bits per heavy atom. The van der Waals surface area contributed by atoms with Crippen LogP contribution in [0, 0.1) is 0 Å². The Bertz CT molecular complexity index is 1010. The lowest BCUT2D eigenvalue weighted by Crippen LogP contribution is -2.26. The van der Waals surface area contributed by atoms with Crippen LogP contribution in [0.15, 0.2) is 36.4 Å². The molecule has 0 unspecified atom stereocenters. The van der Waals surface area contributed by atoms with Crippen LogP contribution < -0.4 is 0 Å². The summed E-state index contributed by atoms with van der Waals surface area (Å²) in [6.45, 7) is 4.08. The van der Waals surface area contributed by atoms with Crippen molar-refractivity contribution < 1.29 is 0 Å². The minimum Gasteiger partial charge on any atom is -0.320 e. The highest BCUT2D eigenvalue weighted by atomic mass is 35.5. The Balaban J connectivity index is 1.91. The molecule has 0 bridgehead atoms. The van der Waals surface area contributed by atoms with Crippen LogP contribution in [-0.4, -0.2) is 23.1 Å². The van der Waals surface area contributed by atoms with E-state index in [1.165, 1.54) is 22.2 Å². The molecule has 26 heavy (non-hydrogen) atoms. The van der Waals surface area contributed by atoms with Gasteiger partial charge in [-0.25, -0.2) is 0 Å². The van der Waals surface area contributed by atoms with E-state index in [1.54, 1.807) is 6.07 Å². The molecule has 1 aliphatic rings. The quantitative estimate of drug-likeness (QED) is 0.466. The standard InChI is InChI=1S/C21H19Cl3N2/c1-13(14-7-16(23)9-17(24)8-14)11-26-20-4-3-15(22)10-18(20)19-12-25(2)6-5-21(19)26/h3-4,7-11H,5-6,12H2,1-2H3. The van der Waals surface area contributed by atoms with Crippen molar-refractivity contribution in [1.82, 2.24) is 9.47 Å². The Morgan fingerprint density at radius 1 is 1.00 bits per heavy atom. The van der Waals surface area contributed by atoms with E-state index in [-0.39, 0.29) is 0 Å². The molecule has 134 valence electrons. The van der Waals surface area contributed by atoms with E-state index in [0.717, 1.165) is 35.7 Å². The fourth-order valence-corrected chi connectivity index (χ4v) is 4.40. The van der Waals surface area contributed by atoms with Crippen molar-refractivity contribution in [2.24, 2.45) is 0 Å². The van der Waals surface area contributed by atoms with Gasteiger partial charge in [0.05, 0.1) is 5.52 Å². The first-order valence-electron chi connectivity index (χ1n) is 8.57. The predicted octanol–water partition coefficient (Wildman–Crippen LogP) is 6.61. The predicted molar refractivity (Wildman–Crippen MR) is 113 cm³/mol. The van der Waals surface area contributed by atoms with E-state index in [0.29, 0.717) is 10.0 Å². The Hall–Kier alpha value is -1.45. The van der Waals surface area contributed by atoms with Gasteiger partial charge in [-0.3, -0.25) is 0 Å². The van der Waals surface area contributed by atoms with Crippen LogP contribution in [-0.2, 0) is 13.0 Å². The van der Waals surface area contributed by atoms with E-state index in [2.05, 4.69) is 41.8 Å². The van der Waals surface area contributed by atoms with Crippen LogP contribution in [0.1, 0.15) is 23.7 Å². The van der Waals surface area contributed by atoms with Crippen molar-refractivity contribution in [2.45, 2.75) is 19.9 Å². The van der Waals surface area contributed by atoms with Gasteiger partial charge in [-0.1, -0.05) is 34.8 Å². The summed E-state index contributed by atoms with van der Waals surface area (Å²) in [5.74, 6) is 0. The second-order valence-corrected chi connectivity index (χ2v) is 8.22. The van der Waals surface area contributed by atoms with Crippen molar-refractivity contribution in [2.75, 3.05) is 13.6 Å². The third-order valence-electron chi connectivity index (χ3n) is 4.98. The average Bonchev–Trinajstić information content (AvgIpc) is 2.86. The molecule has 4 rings (SSSR count). The molecule has 0 spiro atoms. The minimum absolute atomic E-state index is 0.646. The molecule has 0 amide bonds. The van der Waals surface area contributed by atoms with Crippen LogP contribution in [0.3, 0.4) is 0 Å². The van der Waals surface area contributed by atoms with Gasteiger partial charge in [0.15, 0.2) is 0 Å². The molecule has 0 aliphatic carbocycles. The third kappa shape index (κ3) is 3.27. The summed E-state index contributed by atoms with van der Waals surface area (Å²) in [6.07, 6.45) is 3.20. The van der Waals surface area contributed by atoms with Crippen molar-refractivity contribution in [3.8, 4) is 0 Å². The Labute approximate surface area is 168 Å². The zero-order chi connectivity index (χ0) is 18.4. The van der Waals surface area contributed by atoms with Crippen molar-refractivity contribution in [3.05, 3.63) is 68.3 Å². The molecule has 5 heteroatoms. The molecule has 1 aromatic heterocycles. The highest BCUT2D eigenvalue weighted by Gasteiger charge is 2.22. The molecule has 3 aromatic rings. The summed E-state index contributed by atoms with van der Waals surface area (Å²) >= 11 is 18.6. The molecule has 0 saturated carbocycles. The maximum atomic E-state index is 6.28. The molecule has 1 aliphatic heterocycles. The SMILES string of the molecule is CC(=Cn1c2c(c3cc(Cl)ccc31)CN(C)CC2)c1cc(Cl)cc(Cl)c1. The average molecular weight is 406 g/mol. The zero-order valence-electron chi connectivity index (χ0n) is 14.7. The van der Waals surface area contributed by atoms with Gasteiger partial charge in [-0.2, -0.15) is 0 Å². The zero-order valence-corrected chi connectivity index (χ0v) is 17.0. The number of hydrogen-bond donors (Lipinski definition) is 0. The van der Waals surface area contributed by atoms with E-state index in [9.17, 15) is 0 Å². The number of nitrogens with zero attached hydrogens (tertiary/aromatic N) is 2. The van der Waals surface area contributed by atoms with Crippen molar-refractivity contribution in [1.29, 1.82) is 0 Å². The van der Waals surface area contributed by atoms with Crippen molar-refractivity contribution >= 4 is 57.5 Å². The second kappa shape index (κ2) is 6.94. The fraction of sp³-hybridized carbons (Fsp3) is 0.238. The van der Waals surface area contributed by atoms with Crippen LogP contribution >= 0.6 is 34.8 Å². The lowest BCUT2D eigenvalue weighted by molar-refractivity contribution is 0.312. The van der Waals surface area contributed by atoms with Gasteiger partial charge >= 0.3 is 0 Å². The van der Waals surface area contributed by atoms with E-state index in [4.69, 9.17) is 34.8 Å². The third-order valence-corrected chi connectivity index (χ3v) is 5.65. The van der Waals surface area contributed by atoms with Crippen LogP contribution in [0.5, 0.6) is 0 Å². The maximum Gasteiger partial charge on any atom is 0.0529 e. The fourth-order valence-electron chi connectivity index (χ4n) is 3.70. The van der Waals surface area contributed by atoms with Gasteiger partial charge in [0, 0.05) is 51.9 Å². The number of allylic oxidation sites excluding steroid dienone is 1. The normalized spacial score (nSPS) is 15.5. The van der Waals surface area contributed by atoms with E-state index in [1.807, 2.05) is 18.2 Å². The lowest BCUT2D eigenvalue weighted by atomic mass is 10.1. The molecular weight excluding hydrogens is 387 g/mol. The lowest BCUT2D eigenvalue weighted by Gasteiger charge is -2.23. The van der Waals surface area contributed by atoms with E-state index >= 15 is 0 Å². The van der Waals surface area contributed by atoms with E-state index < -0.39 is 0 Å². The smallest absolute Gasteiger partial charge is 0.0529 e. The van der Waals surface area contributed by atoms with Gasteiger partial charge in [-0.05, 0) is 67.1 Å². The highest BCUT2D eigenvalue weighted by molar-refractivity contribution is 6.35. The molecule has 0 atom stereocenters. The summed E-state index contributed by atoms with van der Waals surface area (Å²) in [5, 5.41) is 3.29. The summed E-state index contributed by atoms with van der Waals surface area (Å²) in [7, 11) is 2.16. The van der Waals surface area contributed by atoms with Crippen LogP contribution in [0.4, 0.5) is 0 Å². The molecule has 0 radical (unpaired) electrons. The Morgan fingerprint density at radius 2 is 1.73 bits per heavy atom. The number of aromatic nitrogens is 1. The van der Waals surface area contributed by atoms with Gasteiger partial charge in [0.2, 0.25) is 0 Å². The van der Waals surface area contributed by atoms with Crippen LogP contribution in [0.25, 0.3) is 22.7 Å². The number of fused-ring (bicyclic) bond motifs is 3. The topological polar surface area (TPSA) is 8.17 Å². The number of rotatable bonds is 2. The first-order chi connectivity index (χ1) is 12.4. The molecule has 0 saturated heterocycles. The summed E-state index contributed by atoms with van der Waals surface area (Å²) < 4.78 is 2.30. The number of likely N-dealkylation sites (N-methyl/N-ethyl adjacent to an activating group) is 1. The van der Waals surface area contributed by atoms with Gasteiger partial charge in [-0.15, -0.1) is 0 Å². The molecule has 2 heterocycles. The van der Waals surface area contributed by atoms with Gasteiger partial charge in [0.1, 0.15) is 0 Å². The molecule has 0 fully saturated rings. The van der Waals surface area contributed by atoms with Crippen LogP contribution in [0.2, 0.25) is 15.1 Å². The summed E-state index contributed by atoms with van der Waals surface area (Å²) in [5.41, 5.74) is 6.04. The maximum absolute atomic E-state index is 6.28. The van der Waals surface area contributed by atoms with Gasteiger partial charge in [0.25, 0.3) is 0 Å². The molecule has 2 nitrogen and oxygen atoms in total. The highest BCUT2D eigenvalue weighted by Crippen LogP contribution is 2.34. The first kappa shape index (κ1) is 17.9. The molecular formula is C21H19Cl3N2. The first-order valence-corrected chi connectivity index (χ1v) is 9.70. The summed E-state index contributed by atoms with van der Waals surface area (Å²) in [6, 6.07) is 11.8.